The van der Waals surface area contributed by atoms with E-state index in [1.807, 2.05) is 5.92 Å². The second kappa shape index (κ2) is 4.19. The molecule has 1 aromatic rings. The van der Waals surface area contributed by atoms with Crippen molar-refractivity contribution in [2.45, 2.75) is 0 Å². The van der Waals surface area contributed by atoms with Gasteiger partial charge in [-0.15, -0.1) is 0 Å². The van der Waals surface area contributed by atoms with E-state index in [1.54, 1.807) is 0 Å². The maximum atomic E-state index is 13.1. The highest BCUT2D eigenvalue weighted by Gasteiger charge is 2.14. The lowest BCUT2D eigenvalue weighted by molar-refractivity contribution is -0.384. The number of benzene rings is 1. The summed E-state index contributed by atoms with van der Waals surface area (Å²) in [6.45, 7) is 0. The van der Waals surface area contributed by atoms with E-state index in [1.165, 1.54) is 0 Å². The standard InChI is InChI=1S/C9H5FN2O3/c10-7-5-8(11)9(12(14)15)4-6(7)2-1-3-13/h3-5H,11H2. The Morgan fingerprint density at radius 3 is 2.73 bits per heavy atom. The van der Waals surface area contributed by atoms with Gasteiger partial charge in [-0.3, -0.25) is 14.9 Å². The Kier molecular flexibility index (Phi) is 2.98. The molecule has 2 N–H and O–H groups in total. The normalized spacial score (nSPS) is 8.87. The van der Waals surface area contributed by atoms with Crippen LogP contribution in [-0.4, -0.2) is 11.2 Å². The third-order valence-corrected chi connectivity index (χ3v) is 1.58. The van der Waals surface area contributed by atoms with Gasteiger partial charge in [0.05, 0.1) is 10.5 Å². The zero-order valence-electron chi connectivity index (χ0n) is 7.36. The zero-order chi connectivity index (χ0) is 11.4. The molecule has 76 valence electrons. The number of anilines is 1. The molecule has 0 aliphatic heterocycles. The molecular weight excluding hydrogens is 203 g/mol. The van der Waals surface area contributed by atoms with Crippen LogP contribution in [0.15, 0.2) is 12.1 Å². The lowest BCUT2D eigenvalue weighted by Crippen LogP contribution is -1.98. The highest BCUT2D eigenvalue weighted by atomic mass is 19.1. The van der Waals surface area contributed by atoms with Crippen molar-refractivity contribution in [1.29, 1.82) is 0 Å². The van der Waals surface area contributed by atoms with Gasteiger partial charge in [0, 0.05) is 12.1 Å². The Hall–Kier alpha value is -2.42. The zero-order valence-corrected chi connectivity index (χ0v) is 7.36. The Morgan fingerprint density at radius 1 is 1.53 bits per heavy atom. The van der Waals surface area contributed by atoms with Gasteiger partial charge in [0.25, 0.3) is 5.69 Å². The molecule has 0 aliphatic carbocycles. The Balaban J connectivity index is 3.35. The first-order valence-electron chi connectivity index (χ1n) is 3.75. The minimum atomic E-state index is -0.799. The minimum Gasteiger partial charge on any atom is -0.393 e. The number of aldehydes is 1. The number of hydrogen-bond acceptors (Lipinski definition) is 4. The Morgan fingerprint density at radius 2 is 2.20 bits per heavy atom. The topological polar surface area (TPSA) is 86.2 Å². The van der Waals surface area contributed by atoms with E-state index in [9.17, 15) is 19.3 Å². The van der Waals surface area contributed by atoms with Gasteiger partial charge < -0.3 is 5.73 Å². The van der Waals surface area contributed by atoms with Crippen LogP contribution in [0.5, 0.6) is 0 Å². The molecule has 0 radical (unpaired) electrons. The number of rotatable bonds is 1. The van der Waals surface area contributed by atoms with E-state index < -0.39 is 16.4 Å². The molecule has 6 heteroatoms. The van der Waals surface area contributed by atoms with Crippen LogP contribution in [0.3, 0.4) is 0 Å². The molecule has 0 bridgehead atoms. The molecule has 0 aliphatic rings. The third kappa shape index (κ3) is 2.28. The van der Waals surface area contributed by atoms with Gasteiger partial charge in [0.15, 0.2) is 6.29 Å². The number of nitro groups is 1. The van der Waals surface area contributed by atoms with Crippen LogP contribution in [0, 0.1) is 27.8 Å². The summed E-state index contributed by atoms with van der Waals surface area (Å²) in [5.41, 5.74) is 4.27. The summed E-state index contributed by atoms with van der Waals surface area (Å²) in [4.78, 5) is 19.6. The maximum absolute atomic E-state index is 13.1. The van der Waals surface area contributed by atoms with Crippen molar-refractivity contribution in [1.82, 2.24) is 0 Å². The van der Waals surface area contributed by atoms with Crippen LogP contribution in [-0.2, 0) is 4.79 Å². The van der Waals surface area contributed by atoms with Gasteiger partial charge in [-0.2, -0.15) is 0 Å². The number of nitro benzene ring substituents is 1. The number of carbonyl (C=O) groups excluding carboxylic acids is 1. The summed E-state index contributed by atoms with van der Waals surface area (Å²) in [5.74, 6) is 3.29. The van der Waals surface area contributed by atoms with E-state index in [0.717, 1.165) is 12.1 Å². The molecule has 0 heterocycles. The van der Waals surface area contributed by atoms with Crippen LogP contribution in [0.2, 0.25) is 0 Å². The first kappa shape index (κ1) is 10.7. The highest BCUT2D eigenvalue weighted by molar-refractivity contribution is 5.74. The van der Waals surface area contributed by atoms with Crippen molar-refractivity contribution in [3.63, 3.8) is 0 Å². The number of carbonyl (C=O) groups is 1. The van der Waals surface area contributed by atoms with E-state index in [0.29, 0.717) is 0 Å². The van der Waals surface area contributed by atoms with E-state index in [-0.39, 0.29) is 17.5 Å². The molecular formula is C9H5FN2O3. The monoisotopic (exact) mass is 208 g/mol. The smallest absolute Gasteiger partial charge is 0.293 e. The molecule has 0 aromatic heterocycles. The number of halogens is 1. The van der Waals surface area contributed by atoms with Crippen molar-refractivity contribution in [3.8, 4) is 11.8 Å². The summed E-state index contributed by atoms with van der Waals surface area (Å²) in [7, 11) is 0. The second-order valence-electron chi connectivity index (χ2n) is 2.54. The summed E-state index contributed by atoms with van der Waals surface area (Å²) < 4.78 is 13.1. The quantitative estimate of drug-likeness (QED) is 0.244. The molecule has 0 atom stereocenters. The highest BCUT2D eigenvalue weighted by Crippen LogP contribution is 2.24. The number of nitrogens with two attached hydrogens (primary N) is 1. The van der Waals surface area contributed by atoms with Gasteiger partial charge in [0.2, 0.25) is 0 Å². The molecule has 1 aromatic carbocycles. The largest absolute Gasteiger partial charge is 0.393 e. The molecule has 0 amide bonds. The van der Waals surface area contributed by atoms with Gasteiger partial charge in [-0.25, -0.2) is 4.39 Å². The fourth-order valence-electron chi connectivity index (χ4n) is 0.938. The summed E-state index contributed by atoms with van der Waals surface area (Å²) in [6.07, 6.45) is 0.266. The lowest BCUT2D eigenvalue weighted by Gasteiger charge is -1.98. The van der Waals surface area contributed by atoms with Crippen LogP contribution >= 0.6 is 0 Å². The average Bonchev–Trinajstić information content (AvgIpc) is 2.16. The molecule has 0 fully saturated rings. The van der Waals surface area contributed by atoms with Gasteiger partial charge in [-0.1, -0.05) is 5.92 Å². The van der Waals surface area contributed by atoms with Crippen molar-refractivity contribution in [2.24, 2.45) is 0 Å². The first-order valence-corrected chi connectivity index (χ1v) is 3.75. The van der Waals surface area contributed by atoms with Crippen molar-refractivity contribution < 1.29 is 14.1 Å². The van der Waals surface area contributed by atoms with E-state index in [4.69, 9.17) is 5.73 Å². The predicted molar refractivity (Wildman–Crippen MR) is 50.4 cm³/mol. The SMILES string of the molecule is Nc1cc(F)c(C#CC=O)cc1[N+](=O)[O-]. The second-order valence-corrected chi connectivity index (χ2v) is 2.54. The molecule has 1 rings (SSSR count). The van der Waals surface area contributed by atoms with Crippen LogP contribution < -0.4 is 5.73 Å². The summed E-state index contributed by atoms with van der Waals surface area (Å²) >= 11 is 0. The fraction of sp³-hybridized carbons (Fsp3) is 0. The Bertz CT molecular complexity index is 488. The van der Waals surface area contributed by atoms with Crippen LogP contribution in [0.1, 0.15) is 5.56 Å². The summed E-state index contributed by atoms with van der Waals surface area (Å²) in [5, 5.41) is 10.4. The number of nitrogen functional groups attached to an aromatic ring is 1. The number of hydrogen-bond donors (Lipinski definition) is 1. The first-order chi connectivity index (χ1) is 7.06. The van der Waals surface area contributed by atoms with Crippen LogP contribution in [0.4, 0.5) is 15.8 Å². The molecule has 0 saturated carbocycles. The molecule has 15 heavy (non-hydrogen) atoms. The fourth-order valence-corrected chi connectivity index (χ4v) is 0.938. The van der Waals surface area contributed by atoms with Gasteiger partial charge in [-0.05, 0) is 5.92 Å². The van der Waals surface area contributed by atoms with Gasteiger partial charge in [0.1, 0.15) is 11.5 Å². The van der Waals surface area contributed by atoms with Crippen LogP contribution in [0.25, 0.3) is 0 Å². The molecule has 0 saturated heterocycles. The lowest BCUT2D eigenvalue weighted by atomic mass is 10.1. The van der Waals surface area contributed by atoms with Crippen molar-refractivity contribution in [3.05, 3.63) is 33.6 Å². The maximum Gasteiger partial charge on any atom is 0.293 e. The van der Waals surface area contributed by atoms with Crippen molar-refractivity contribution in [2.75, 3.05) is 5.73 Å². The minimum absolute atomic E-state index is 0.233. The molecule has 0 spiro atoms. The Labute approximate surface area is 83.8 Å². The van der Waals surface area contributed by atoms with E-state index in [2.05, 4.69) is 5.92 Å². The predicted octanol–water partition coefficient (Wildman–Crippen LogP) is 0.867. The molecule has 5 nitrogen and oxygen atoms in total. The third-order valence-electron chi connectivity index (χ3n) is 1.58. The van der Waals surface area contributed by atoms with E-state index >= 15 is 0 Å². The number of nitrogens with zero attached hydrogens (tertiary/aromatic N) is 1. The molecule has 0 unspecified atom stereocenters. The van der Waals surface area contributed by atoms with Crippen molar-refractivity contribution >= 4 is 17.7 Å². The van der Waals surface area contributed by atoms with Gasteiger partial charge >= 0.3 is 0 Å². The summed E-state index contributed by atoms with van der Waals surface area (Å²) in [6, 6.07) is 1.69. The average molecular weight is 208 g/mol.